The van der Waals surface area contributed by atoms with Gasteiger partial charge in [0.2, 0.25) is 0 Å². The van der Waals surface area contributed by atoms with Gasteiger partial charge in [-0.15, -0.1) is 0 Å². The number of hydrogen-bond acceptors (Lipinski definition) is 6. The van der Waals surface area contributed by atoms with E-state index in [0.717, 1.165) is 50.5 Å². The maximum atomic E-state index is 9.54. The number of rotatable bonds is 7. The van der Waals surface area contributed by atoms with Crippen LogP contribution in [0.4, 0.5) is 11.6 Å². The maximum absolute atomic E-state index is 9.54. The number of anilines is 2. The number of nitrogens with zero attached hydrogens (tertiary/aromatic N) is 3. The molecule has 1 aromatic heterocycles. The van der Waals surface area contributed by atoms with E-state index in [9.17, 15) is 5.11 Å². The van der Waals surface area contributed by atoms with Gasteiger partial charge in [-0.1, -0.05) is 26.7 Å². The fraction of sp³-hybridized carbons (Fsp3) is 0.789. The van der Waals surface area contributed by atoms with Crippen LogP contribution in [0.1, 0.15) is 52.4 Å². The topological polar surface area (TPSA) is 70.5 Å². The summed E-state index contributed by atoms with van der Waals surface area (Å²) in [5.74, 6) is 2.43. The summed E-state index contributed by atoms with van der Waals surface area (Å²) >= 11 is 0. The van der Waals surface area contributed by atoms with Gasteiger partial charge in [0.1, 0.15) is 18.0 Å². The van der Waals surface area contributed by atoms with Crippen LogP contribution in [0.5, 0.6) is 0 Å². The Hall–Kier alpha value is -1.40. The molecule has 3 unspecified atom stereocenters. The molecule has 0 aromatic carbocycles. The second kappa shape index (κ2) is 8.81. The van der Waals surface area contributed by atoms with Crippen LogP contribution in [-0.2, 0) is 4.74 Å². The first kappa shape index (κ1) is 18.4. The van der Waals surface area contributed by atoms with E-state index in [-0.39, 0.29) is 12.6 Å². The summed E-state index contributed by atoms with van der Waals surface area (Å²) in [6.45, 7) is 6.45. The zero-order valence-corrected chi connectivity index (χ0v) is 15.5. The fourth-order valence-corrected chi connectivity index (χ4v) is 4.22. The zero-order chi connectivity index (χ0) is 17.6. The van der Waals surface area contributed by atoms with Crippen molar-refractivity contribution in [2.75, 3.05) is 30.0 Å². The van der Waals surface area contributed by atoms with Crippen molar-refractivity contribution in [2.24, 2.45) is 5.92 Å². The van der Waals surface area contributed by atoms with Gasteiger partial charge in [-0.05, 0) is 31.6 Å². The molecule has 25 heavy (non-hydrogen) atoms. The van der Waals surface area contributed by atoms with Crippen molar-refractivity contribution in [3.63, 3.8) is 0 Å². The zero-order valence-electron chi connectivity index (χ0n) is 15.5. The predicted molar refractivity (Wildman–Crippen MR) is 99.9 cm³/mol. The minimum absolute atomic E-state index is 0.184. The largest absolute Gasteiger partial charge is 0.394 e. The smallest absolute Gasteiger partial charge is 0.134 e. The summed E-state index contributed by atoms with van der Waals surface area (Å²) in [5, 5.41) is 13.1. The standard InChI is InChI=1S/C19H32N4O2/c1-3-14(4-2)17-10-15(7-9-25-17)22-18-11-19(21-13-20-18)23-8-5-6-16(23)12-24/h11,13-17,24H,3-10,12H2,1-2H3,(H,20,21,22). The first-order valence-electron chi connectivity index (χ1n) is 9.82. The Labute approximate surface area is 151 Å². The number of ether oxygens (including phenoxy) is 1. The molecule has 2 N–H and O–H groups in total. The highest BCUT2D eigenvalue weighted by molar-refractivity contribution is 5.50. The monoisotopic (exact) mass is 348 g/mol. The van der Waals surface area contributed by atoms with Crippen molar-refractivity contribution in [2.45, 2.75) is 70.6 Å². The number of hydrogen-bond donors (Lipinski definition) is 2. The number of aromatic nitrogens is 2. The lowest BCUT2D eigenvalue weighted by molar-refractivity contribution is -0.0271. The van der Waals surface area contributed by atoms with E-state index in [4.69, 9.17) is 4.74 Å². The maximum Gasteiger partial charge on any atom is 0.134 e. The van der Waals surface area contributed by atoms with Gasteiger partial charge in [-0.25, -0.2) is 9.97 Å². The van der Waals surface area contributed by atoms with Gasteiger partial charge in [0, 0.05) is 25.3 Å². The van der Waals surface area contributed by atoms with Crippen LogP contribution in [0.3, 0.4) is 0 Å². The number of aliphatic hydroxyl groups excluding tert-OH is 1. The molecule has 2 saturated heterocycles. The predicted octanol–water partition coefficient (Wildman–Crippen LogP) is 2.83. The SMILES string of the molecule is CCC(CC)C1CC(Nc2cc(N3CCCC3CO)ncn2)CCO1. The molecule has 3 atom stereocenters. The molecule has 6 heteroatoms. The molecule has 3 heterocycles. The second-order valence-electron chi connectivity index (χ2n) is 7.28. The first-order chi connectivity index (χ1) is 12.2. The van der Waals surface area contributed by atoms with Crippen molar-refractivity contribution in [1.82, 2.24) is 9.97 Å². The Morgan fingerprint density at radius 2 is 2.16 bits per heavy atom. The van der Waals surface area contributed by atoms with Crippen molar-refractivity contribution >= 4 is 11.6 Å². The van der Waals surface area contributed by atoms with E-state index in [0.29, 0.717) is 18.1 Å². The second-order valence-corrected chi connectivity index (χ2v) is 7.28. The average molecular weight is 348 g/mol. The molecule has 140 valence electrons. The van der Waals surface area contributed by atoms with Gasteiger partial charge in [-0.2, -0.15) is 0 Å². The summed E-state index contributed by atoms with van der Waals surface area (Å²) in [6, 6.07) is 2.61. The van der Waals surface area contributed by atoms with Crippen LogP contribution in [-0.4, -0.2) is 53.0 Å². The van der Waals surface area contributed by atoms with Gasteiger partial charge in [0.05, 0.1) is 18.8 Å². The van der Waals surface area contributed by atoms with Crippen molar-refractivity contribution < 1.29 is 9.84 Å². The molecular formula is C19H32N4O2. The molecule has 0 bridgehead atoms. The Morgan fingerprint density at radius 1 is 1.32 bits per heavy atom. The van der Waals surface area contributed by atoms with Gasteiger partial charge < -0.3 is 20.1 Å². The van der Waals surface area contributed by atoms with Crippen molar-refractivity contribution in [3.05, 3.63) is 12.4 Å². The number of aliphatic hydroxyl groups is 1. The van der Waals surface area contributed by atoms with E-state index in [1.54, 1.807) is 6.33 Å². The first-order valence-corrected chi connectivity index (χ1v) is 9.82. The van der Waals surface area contributed by atoms with Gasteiger partial charge >= 0.3 is 0 Å². The molecule has 0 aliphatic carbocycles. The molecule has 0 spiro atoms. The summed E-state index contributed by atoms with van der Waals surface area (Å²) < 4.78 is 6.01. The average Bonchev–Trinajstić information content (AvgIpc) is 3.12. The summed E-state index contributed by atoms with van der Waals surface area (Å²) in [4.78, 5) is 11.0. The highest BCUT2D eigenvalue weighted by atomic mass is 16.5. The van der Waals surface area contributed by atoms with E-state index in [1.165, 1.54) is 12.8 Å². The molecule has 0 saturated carbocycles. The Kier molecular flexibility index (Phi) is 6.48. The molecule has 2 fully saturated rings. The molecule has 2 aliphatic rings. The van der Waals surface area contributed by atoms with Crippen LogP contribution in [0.2, 0.25) is 0 Å². The van der Waals surface area contributed by atoms with E-state index < -0.39 is 0 Å². The lowest BCUT2D eigenvalue weighted by Crippen LogP contribution is -2.38. The van der Waals surface area contributed by atoms with E-state index in [2.05, 4.69) is 34.0 Å². The molecule has 6 nitrogen and oxygen atoms in total. The Balaban J connectivity index is 1.64. The highest BCUT2D eigenvalue weighted by Gasteiger charge is 2.28. The quantitative estimate of drug-likeness (QED) is 0.790. The minimum atomic E-state index is 0.184. The molecule has 0 amide bonds. The third-order valence-corrected chi connectivity index (χ3v) is 5.78. The van der Waals surface area contributed by atoms with E-state index >= 15 is 0 Å². The highest BCUT2D eigenvalue weighted by Crippen LogP contribution is 2.28. The van der Waals surface area contributed by atoms with Crippen LogP contribution >= 0.6 is 0 Å². The van der Waals surface area contributed by atoms with Crippen LogP contribution in [0, 0.1) is 5.92 Å². The Bertz CT molecular complexity index is 538. The van der Waals surface area contributed by atoms with E-state index in [1.807, 2.05) is 6.07 Å². The summed E-state index contributed by atoms with van der Waals surface area (Å²) in [7, 11) is 0. The molecule has 2 aliphatic heterocycles. The number of nitrogens with one attached hydrogen (secondary N) is 1. The van der Waals surface area contributed by atoms with Crippen LogP contribution in [0.25, 0.3) is 0 Å². The summed E-state index contributed by atoms with van der Waals surface area (Å²) in [5.41, 5.74) is 0. The van der Waals surface area contributed by atoms with Crippen molar-refractivity contribution in [3.8, 4) is 0 Å². The summed E-state index contributed by atoms with van der Waals surface area (Å²) in [6.07, 6.45) is 8.50. The van der Waals surface area contributed by atoms with Crippen LogP contribution < -0.4 is 10.2 Å². The third kappa shape index (κ3) is 4.42. The fourth-order valence-electron chi connectivity index (χ4n) is 4.22. The van der Waals surface area contributed by atoms with Crippen molar-refractivity contribution in [1.29, 1.82) is 0 Å². The molecule has 0 radical (unpaired) electrons. The normalized spacial score (nSPS) is 27.0. The Morgan fingerprint density at radius 3 is 2.92 bits per heavy atom. The van der Waals surface area contributed by atoms with Gasteiger partial charge in [-0.3, -0.25) is 0 Å². The molecule has 1 aromatic rings. The van der Waals surface area contributed by atoms with Crippen LogP contribution in [0.15, 0.2) is 12.4 Å². The van der Waals surface area contributed by atoms with Gasteiger partial charge in [0.25, 0.3) is 0 Å². The lowest BCUT2D eigenvalue weighted by Gasteiger charge is -2.34. The third-order valence-electron chi connectivity index (χ3n) is 5.78. The van der Waals surface area contributed by atoms with Gasteiger partial charge in [0.15, 0.2) is 0 Å². The molecule has 3 rings (SSSR count). The minimum Gasteiger partial charge on any atom is -0.394 e. The lowest BCUT2D eigenvalue weighted by atomic mass is 9.89. The molecular weight excluding hydrogens is 316 g/mol.